The first kappa shape index (κ1) is 17.7. The van der Waals surface area contributed by atoms with Gasteiger partial charge in [-0.1, -0.05) is 12.1 Å². The molecule has 2 heterocycles. The number of Topliss-reactive ketones (excluding diaryl/α,β-unsaturated/α-hetero) is 1. The minimum Gasteiger partial charge on any atom is -0.293 e. The molecule has 9 heteroatoms. The van der Waals surface area contributed by atoms with E-state index in [4.69, 9.17) is 0 Å². The van der Waals surface area contributed by atoms with Gasteiger partial charge in [-0.2, -0.15) is 5.10 Å². The first-order valence-corrected chi connectivity index (χ1v) is 9.01. The highest BCUT2D eigenvalue weighted by Crippen LogP contribution is 2.25. The largest absolute Gasteiger partial charge is 0.293 e. The van der Waals surface area contributed by atoms with Gasteiger partial charge in [0.25, 0.3) is 5.69 Å². The Bertz CT molecular complexity index is 1210. The summed E-state index contributed by atoms with van der Waals surface area (Å²) in [6.45, 7) is 1.33. The summed E-state index contributed by atoms with van der Waals surface area (Å²) in [6, 6.07) is 13.1. The second kappa shape index (κ2) is 6.78. The van der Waals surface area contributed by atoms with E-state index >= 15 is 0 Å². The van der Waals surface area contributed by atoms with Crippen molar-refractivity contribution in [3.05, 3.63) is 81.1 Å². The van der Waals surface area contributed by atoms with Crippen molar-refractivity contribution in [2.45, 2.75) is 6.92 Å². The number of nitrogens with zero attached hydrogens (tertiary/aromatic N) is 4. The summed E-state index contributed by atoms with van der Waals surface area (Å²) >= 11 is 1.25. The molecule has 2 aromatic heterocycles. The minimum atomic E-state index is -0.504. The van der Waals surface area contributed by atoms with Crippen molar-refractivity contribution in [3.8, 4) is 5.69 Å². The predicted molar refractivity (Wildman–Crippen MR) is 103 cm³/mol. The van der Waals surface area contributed by atoms with E-state index in [-0.39, 0.29) is 33.5 Å². The van der Waals surface area contributed by atoms with Crippen molar-refractivity contribution >= 4 is 38.8 Å². The van der Waals surface area contributed by atoms with Gasteiger partial charge in [-0.05, 0) is 24.3 Å². The van der Waals surface area contributed by atoms with Crippen molar-refractivity contribution < 1.29 is 14.5 Å². The summed E-state index contributed by atoms with van der Waals surface area (Å²) in [5.74, 6) is -0.746. The predicted octanol–water partition coefficient (Wildman–Crippen LogP) is 3.82. The number of non-ortho nitro benzene ring substituents is 1. The Hall–Kier alpha value is -3.72. The van der Waals surface area contributed by atoms with Gasteiger partial charge in [0, 0.05) is 25.3 Å². The fraction of sp³-hybridized carbons (Fsp3) is 0.0526. The van der Waals surface area contributed by atoms with Crippen molar-refractivity contribution in [2.75, 3.05) is 0 Å². The Morgan fingerprint density at radius 3 is 2.46 bits per heavy atom. The van der Waals surface area contributed by atoms with Crippen LogP contribution in [0.2, 0.25) is 0 Å². The highest BCUT2D eigenvalue weighted by Gasteiger charge is 2.24. The van der Waals surface area contributed by atoms with Crippen molar-refractivity contribution in [1.29, 1.82) is 0 Å². The highest BCUT2D eigenvalue weighted by molar-refractivity contribution is 7.20. The Kier molecular flexibility index (Phi) is 4.28. The van der Waals surface area contributed by atoms with Gasteiger partial charge in [0.15, 0.2) is 10.8 Å². The molecule has 0 bridgehead atoms. The third-order valence-electron chi connectivity index (χ3n) is 4.11. The maximum atomic E-state index is 13.0. The molecule has 0 aliphatic heterocycles. The van der Waals surface area contributed by atoms with Gasteiger partial charge < -0.3 is 0 Å². The third kappa shape index (κ3) is 3.08. The molecule has 8 nitrogen and oxygen atoms in total. The number of fused-ring (bicyclic) bond motifs is 1. The molecule has 0 fully saturated rings. The fourth-order valence-electron chi connectivity index (χ4n) is 2.74. The number of nitro groups is 1. The van der Waals surface area contributed by atoms with Crippen LogP contribution < -0.4 is 0 Å². The lowest BCUT2D eigenvalue weighted by molar-refractivity contribution is -0.384. The zero-order valence-corrected chi connectivity index (χ0v) is 15.3. The molecule has 0 spiro atoms. The van der Waals surface area contributed by atoms with E-state index in [1.165, 1.54) is 53.4 Å². The molecule has 0 saturated carbocycles. The summed E-state index contributed by atoms with van der Waals surface area (Å²) in [5, 5.41) is 15.3. The Balaban J connectivity index is 1.77. The van der Waals surface area contributed by atoms with Crippen LogP contribution >= 0.6 is 11.3 Å². The monoisotopic (exact) mass is 392 g/mol. The van der Waals surface area contributed by atoms with E-state index < -0.39 is 4.92 Å². The summed E-state index contributed by atoms with van der Waals surface area (Å²) < 4.78 is 2.24. The normalized spacial score (nSPS) is 10.9. The molecule has 0 amide bonds. The highest BCUT2D eigenvalue weighted by atomic mass is 32.1. The van der Waals surface area contributed by atoms with Crippen LogP contribution in [0.15, 0.2) is 54.7 Å². The number of hydrogen-bond donors (Lipinski definition) is 0. The zero-order chi connectivity index (χ0) is 19.8. The van der Waals surface area contributed by atoms with E-state index in [0.29, 0.717) is 11.2 Å². The Morgan fingerprint density at radius 2 is 1.82 bits per heavy atom. The molecular formula is C19H12N4O4S. The van der Waals surface area contributed by atoms with Crippen molar-refractivity contribution in [3.63, 3.8) is 0 Å². The molecule has 0 saturated heterocycles. The van der Waals surface area contributed by atoms with Crippen LogP contribution in [0.4, 0.5) is 5.69 Å². The van der Waals surface area contributed by atoms with Crippen LogP contribution in [0.1, 0.15) is 32.8 Å². The number of carbonyl (C=O) groups is 2. The number of carbonyl (C=O) groups excluding carboxylic acids is 2. The summed E-state index contributed by atoms with van der Waals surface area (Å²) in [6.07, 6.45) is 1.45. The van der Waals surface area contributed by atoms with Crippen LogP contribution in [0, 0.1) is 10.1 Å². The second-order valence-corrected chi connectivity index (χ2v) is 7.01. The zero-order valence-electron chi connectivity index (χ0n) is 14.5. The summed E-state index contributed by atoms with van der Waals surface area (Å²) in [7, 11) is 0. The molecule has 0 aliphatic rings. The van der Waals surface area contributed by atoms with Crippen LogP contribution in [0.25, 0.3) is 15.9 Å². The Morgan fingerprint density at radius 1 is 1.11 bits per heavy atom. The SMILES string of the molecule is CC(=O)c1nn(-c2ccc([N+](=O)[O-])cc2)cc1C(=O)c1nc2ccccc2s1. The van der Waals surface area contributed by atoms with Crippen LogP contribution in [0.3, 0.4) is 0 Å². The number of thiazole rings is 1. The van der Waals surface area contributed by atoms with E-state index in [9.17, 15) is 19.7 Å². The van der Waals surface area contributed by atoms with E-state index in [1.807, 2.05) is 24.3 Å². The lowest BCUT2D eigenvalue weighted by Gasteiger charge is -1.99. The number of aromatic nitrogens is 3. The number of para-hydroxylation sites is 1. The van der Waals surface area contributed by atoms with Gasteiger partial charge in [-0.15, -0.1) is 11.3 Å². The molecule has 28 heavy (non-hydrogen) atoms. The average molecular weight is 392 g/mol. The van der Waals surface area contributed by atoms with Crippen LogP contribution in [-0.2, 0) is 0 Å². The third-order valence-corrected chi connectivity index (χ3v) is 5.14. The van der Waals surface area contributed by atoms with Crippen LogP contribution in [0.5, 0.6) is 0 Å². The molecule has 0 N–H and O–H groups in total. The quantitative estimate of drug-likeness (QED) is 0.290. The molecule has 0 aliphatic carbocycles. The molecule has 4 aromatic rings. The maximum Gasteiger partial charge on any atom is 0.269 e. The van der Waals surface area contributed by atoms with Crippen molar-refractivity contribution in [1.82, 2.24) is 14.8 Å². The Labute approximate surface area is 162 Å². The van der Waals surface area contributed by atoms with E-state index in [0.717, 1.165) is 4.70 Å². The lowest BCUT2D eigenvalue weighted by atomic mass is 10.1. The van der Waals surface area contributed by atoms with Gasteiger partial charge in [0.05, 0.1) is 26.4 Å². The van der Waals surface area contributed by atoms with E-state index in [2.05, 4.69) is 10.1 Å². The second-order valence-electron chi connectivity index (χ2n) is 5.98. The van der Waals surface area contributed by atoms with Crippen LogP contribution in [-0.4, -0.2) is 31.3 Å². The first-order chi connectivity index (χ1) is 13.4. The topological polar surface area (TPSA) is 108 Å². The molecule has 4 rings (SSSR count). The first-order valence-electron chi connectivity index (χ1n) is 8.20. The van der Waals surface area contributed by atoms with Crippen molar-refractivity contribution in [2.24, 2.45) is 0 Å². The standard InChI is InChI=1S/C19H12N4O4S/c1-11(24)17-14(18(25)19-20-15-4-2-3-5-16(15)28-19)10-22(21-17)12-6-8-13(9-7-12)23(26)27/h2-10H,1H3. The lowest BCUT2D eigenvalue weighted by Crippen LogP contribution is -2.06. The van der Waals surface area contributed by atoms with Gasteiger partial charge in [-0.25, -0.2) is 9.67 Å². The molecule has 2 aromatic carbocycles. The summed E-state index contributed by atoms with van der Waals surface area (Å²) in [4.78, 5) is 39.7. The summed E-state index contributed by atoms with van der Waals surface area (Å²) in [5.41, 5.74) is 1.32. The number of nitro benzene ring substituents is 1. The fourth-order valence-corrected chi connectivity index (χ4v) is 3.66. The molecule has 0 radical (unpaired) electrons. The maximum absolute atomic E-state index is 13.0. The molecule has 0 unspecified atom stereocenters. The number of ketones is 2. The van der Waals surface area contributed by atoms with Gasteiger partial charge in [0.1, 0.15) is 5.69 Å². The molecular weight excluding hydrogens is 380 g/mol. The minimum absolute atomic E-state index is 0.0302. The number of hydrogen-bond acceptors (Lipinski definition) is 7. The van der Waals surface area contributed by atoms with E-state index in [1.54, 1.807) is 0 Å². The average Bonchev–Trinajstić information content (AvgIpc) is 3.32. The number of benzene rings is 2. The van der Waals surface area contributed by atoms with Gasteiger partial charge in [-0.3, -0.25) is 19.7 Å². The molecule has 138 valence electrons. The van der Waals surface area contributed by atoms with Gasteiger partial charge in [0.2, 0.25) is 5.78 Å². The molecule has 0 atom stereocenters. The number of rotatable bonds is 5. The van der Waals surface area contributed by atoms with Gasteiger partial charge >= 0.3 is 0 Å². The smallest absolute Gasteiger partial charge is 0.269 e.